The predicted molar refractivity (Wildman–Crippen MR) is 84.8 cm³/mol. The SMILES string of the molecule is COc1ccc(C)cc1C(=O)N1CCCC(CCBr)C1. The Balaban J connectivity index is 2.16. The van der Waals surface area contributed by atoms with Crippen molar-refractivity contribution in [1.82, 2.24) is 4.90 Å². The van der Waals surface area contributed by atoms with Gasteiger partial charge in [0.05, 0.1) is 12.7 Å². The molecule has 1 aliphatic heterocycles. The summed E-state index contributed by atoms with van der Waals surface area (Å²) in [5.41, 5.74) is 1.77. The molecule has 1 aromatic carbocycles. The van der Waals surface area contributed by atoms with Crippen molar-refractivity contribution in [2.45, 2.75) is 26.2 Å². The number of rotatable bonds is 4. The van der Waals surface area contributed by atoms with Crippen molar-refractivity contribution < 1.29 is 9.53 Å². The number of amides is 1. The molecule has 1 atom stereocenters. The third kappa shape index (κ3) is 3.54. The number of piperidine rings is 1. The Bertz CT molecular complexity index is 474. The number of hydrogen-bond donors (Lipinski definition) is 0. The third-order valence-electron chi connectivity index (χ3n) is 3.91. The van der Waals surface area contributed by atoms with Gasteiger partial charge in [0.1, 0.15) is 5.75 Å². The van der Waals surface area contributed by atoms with Gasteiger partial charge in [-0.3, -0.25) is 4.79 Å². The lowest BCUT2D eigenvalue weighted by Gasteiger charge is -2.33. The molecule has 20 heavy (non-hydrogen) atoms. The van der Waals surface area contributed by atoms with Crippen molar-refractivity contribution in [3.05, 3.63) is 29.3 Å². The summed E-state index contributed by atoms with van der Waals surface area (Å²) in [6.07, 6.45) is 3.45. The standard InChI is InChI=1S/C16H22BrNO2/c1-12-5-6-15(20-2)14(10-12)16(19)18-9-3-4-13(11-18)7-8-17/h5-6,10,13H,3-4,7-9,11H2,1-2H3. The molecule has 1 fully saturated rings. The maximum Gasteiger partial charge on any atom is 0.257 e. The molecule has 0 bridgehead atoms. The summed E-state index contributed by atoms with van der Waals surface area (Å²) in [4.78, 5) is 14.7. The van der Waals surface area contributed by atoms with Gasteiger partial charge in [0.25, 0.3) is 5.91 Å². The Morgan fingerprint density at radius 1 is 1.50 bits per heavy atom. The van der Waals surface area contributed by atoms with E-state index in [9.17, 15) is 4.79 Å². The van der Waals surface area contributed by atoms with Gasteiger partial charge in [-0.25, -0.2) is 0 Å². The highest BCUT2D eigenvalue weighted by Crippen LogP contribution is 2.26. The van der Waals surface area contributed by atoms with Crippen LogP contribution >= 0.6 is 15.9 Å². The van der Waals surface area contributed by atoms with E-state index in [1.165, 1.54) is 6.42 Å². The summed E-state index contributed by atoms with van der Waals surface area (Å²) >= 11 is 3.50. The molecule has 1 aliphatic rings. The van der Waals surface area contributed by atoms with Crippen LogP contribution in [0.1, 0.15) is 35.2 Å². The fraction of sp³-hybridized carbons (Fsp3) is 0.562. The van der Waals surface area contributed by atoms with E-state index in [2.05, 4.69) is 15.9 Å². The molecule has 1 unspecified atom stereocenters. The van der Waals surface area contributed by atoms with Crippen LogP contribution < -0.4 is 4.74 Å². The van der Waals surface area contributed by atoms with Gasteiger partial charge in [-0.2, -0.15) is 0 Å². The number of likely N-dealkylation sites (tertiary alicyclic amines) is 1. The number of methoxy groups -OCH3 is 1. The highest BCUT2D eigenvalue weighted by Gasteiger charge is 2.25. The number of aryl methyl sites for hydroxylation is 1. The zero-order valence-electron chi connectivity index (χ0n) is 12.2. The largest absolute Gasteiger partial charge is 0.496 e. The summed E-state index contributed by atoms with van der Waals surface area (Å²) in [5.74, 6) is 1.39. The molecule has 0 N–H and O–H groups in total. The molecule has 1 amide bonds. The average Bonchev–Trinajstić information content (AvgIpc) is 2.47. The van der Waals surface area contributed by atoms with E-state index in [0.717, 1.165) is 36.8 Å². The smallest absolute Gasteiger partial charge is 0.257 e. The van der Waals surface area contributed by atoms with E-state index in [0.29, 0.717) is 17.2 Å². The molecule has 1 saturated heterocycles. The molecule has 0 aliphatic carbocycles. The molecule has 110 valence electrons. The van der Waals surface area contributed by atoms with Crippen LogP contribution in [0.2, 0.25) is 0 Å². The Morgan fingerprint density at radius 3 is 3.00 bits per heavy atom. The normalized spacial score (nSPS) is 18.9. The Kier molecular flexibility index (Phi) is 5.46. The van der Waals surface area contributed by atoms with Crippen molar-refractivity contribution in [3.8, 4) is 5.75 Å². The van der Waals surface area contributed by atoms with Crippen LogP contribution in [0.5, 0.6) is 5.75 Å². The van der Waals surface area contributed by atoms with Gasteiger partial charge >= 0.3 is 0 Å². The van der Waals surface area contributed by atoms with E-state index in [4.69, 9.17) is 4.74 Å². The second-order valence-electron chi connectivity index (χ2n) is 5.44. The molecule has 3 nitrogen and oxygen atoms in total. The number of benzene rings is 1. The molecule has 2 rings (SSSR count). The van der Waals surface area contributed by atoms with Crippen LogP contribution in [0.15, 0.2) is 18.2 Å². The Labute approximate surface area is 129 Å². The first kappa shape index (κ1) is 15.4. The van der Waals surface area contributed by atoms with Crippen LogP contribution in [0.4, 0.5) is 0 Å². The van der Waals surface area contributed by atoms with Crippen LogP contribution in [0.3, 0.4) is 0 Å². The minimum atomic E-state index is 0.102. The monoisotopic (exact) mass is 339 g/mol. The molecule has 0 radical (unpaired) electrons. The van der Waals surface area contributed by atoms with Crippen LogP contribution in [-0.4, -0.2) is 36.3 Å². The van der Waals surface area contributed by atoms with E-state index in [-0.39, 0.29) is 5.91 Å². The summed E-state index contributed by atoms with van der Waals surface area (Å²) in [5, 5.41) is 1.01. The quantitative estimate of drug-likeness (QED) is 0.783. The number of hydrogen-bond acceptors (Lipinski definition) is 2. The van der Waals surface area contributed by atoms with Crippen LogP contribution in [0, 0.1) is 12.8 Å². The van der Waals surface area contributed by atoms with Crippen LogP contribution in [-0.2, 0) is 0 Å². The molecule has 1 heterocycles. The van der Waals surface area contributed by atoms with E-state index in [1.54, 1.807) is 7.11 Å². The van der Waals surface area contributed by atoms with Crippen molar-refractivity contribution >= 4 is 21.8 Å². The predicted octanol–water partition coefficient (Wildman–Crippen LogP) is 3.64. The summed E-state index contributed by atoms with van der Waals surface area (Å²) < 4.78 is 5.33. The number of alkyl halides is 1. The zero-order valence-corrected chi connectivity index (χ0v) is 13.8. The minimum Gasteiger partial charge on any atom is -0.496 e. The molecule has 0 aromatic heterocycles. The van der Waals surface area contributed by atoms with Crippen LogP contribution in [0.25, 0.3) is 0 Å². The van der Waals surface area contributed by atoms with E-state index in [1.807, 2.05) is 30.0 Å². The maximum atomic E-state index is 12.7. The van der Waals surface area contributed by atoms with E-state index >= 15 is 0 Å². The van der Waals surface area contributed by atoms with Gasteiger partial charge in [0, 0.05) is 18.4 Å². The van der Waals surface area contributed by atoms with Crippen molar-refractivity contribution in [3.63, 3.8) is 0 Å². The average molecular weight is 340 g/mol. The highest BCUT2D eigenvalue weighted by atomic mass is 79.9. The number of ether oxygens (including phenoxy) is 1. The fourth-order valence-corrected chi connectivity index (χ4v) is 3.45. The first-order valence-electron chi connectivity index (χ1n) is 7.15. The maximum absolute atomic E-state index is 12.7. The topological polar surface area (TPSA) is 29.5 Å². The lowest BCUT2D eigenvalue weighted by Crippen LogP contribution is -2.40. The molecule has 0 saturated carbocycles. The van der Waals surface area contributed by atoms with Crippen molar-refractivity contribution in [2.75, 3.05) is 25.5 Å². The molecule has 1 aromatic rings. The van der Waals surface area contributed by atoms with Gasteiger partial charge in [0.2, 0.25) is 0 Å². The van der Waals surface area contributed by atoms with E-state index < -0.39 is 0 Å². The van der Waals surface area contributed by atoms with Gasteiger partial charge in [-0.15, -0.1) is 0 Å². The molecular weight excluding hydrogens is 318 g/mol. The highest BCUT2D eigenvalue weighted by molar-refractivity contribution is 9.09. The first-order valence-corrected chi connectivity index (χ1v) is 8.27. The fourth-order valence-electron chi connectivity index (χ4n) is 2.80. The number of carbonyl (C=O) groups is 1. The molecule has 4 heteroatoms. The lowest BCUT2D eigenvalue weighted by molar-refractivity contribution is 0.0668. The molecular formula is C16H22BrNO2. The Morgan fingerprint density at radius 2 is 2.30 bits per heavy atom. The number of carbonyl (C=O) groups excluding carboxylic acids is 1. The minimum absolute atomic E-state index is 0.102. The number of halogens is 1. The zero-order chi connectivity index (χ0) is 14.5. The van der Waals surface area contributed by atoms with Gasteiger partial charge in [-0.05, 0) is 44.2 Å². The van der Waals surface area contributed by atoms with Gasteiger partial charge < -0.3 is 9.64 Å². The van der Waals surface area contributed by atoms with Gasteiger partial charge in [-0.1, -0.05) is 27.6 Å². The second kappa shape index (κ2) is 7.11. The first-order chi connectivity index (χ1) is 9.65. The summed E-state index contributed by atoms with van der Waals surface area (Å²) in [7, 11) is 1.62. The van der Waals surface area contributed by atoms with Crippen molar-refractivity contribution in [2.24, 2.45) is 5.92 Å². The third-order valence-corrected chi connectivity index (χ3v) is 4.37. The van der Waals surface area contributed by atoms with Gasteiger partial charge in [0.15, 0.2) is 0 Å². The van der Waals surface area contributed by atoms with Crippen molar-refractivity contribution in [1.29, 1.82) is 0 Å². The number of nitrogens with zero attached hydrogens (tertiary/aromatic N) is 1. The summed E-state index contributed by atoms with van der Waals surface area (Å²) in [6, 6.07) is 5.78. The lowest BCUT2D eigenvalue weighted by atomic mass is 9.95. The Hall–Kier alpha value is -1.03. The molecule has 0 spiro atoms. The summed E-state index contributed by atoms with van der Waals surface area (Å²) in [6.45, 7) is 3.72. The second-order valence-corrected chi connectivity index (χ2v) is 6.23.